The minimum absolute atomic E-state index is 0. The Kier molecular flexibility index (Phi) is 5.02. The molecule has 0 radical (unpaired) electrons. The van der Waals surface area contributed by atoms with Gasteiger partial charge in [-0.05, 0) is 43.5 Å². The highest BCUT2D eigenvalue weighted by Gasteiger charge is 2.36. The van der Waals surface area contributed by atoms with Gasteiger partial charge in [-0.2, -0.15) is 10.1 Å². The Bertz CT molecular complexity index is 899. The average molecular weight is 376 g/mol. The van der Waals surface area contributed by atoms with Crippen LogP contribution in [0.2, 0.25) is 0 Å². The minimum Gasteiger partial charge on any atom is -0.494 e. The molecule has 1 saturated carbocycles. The van der Waals surface area contributed by atoms with Crippen LogP contribution >= 0.6 is 12.4 Å². The van der Waals surface area contributed by atoms with E-state index in [9.17, 15) is 0 Å². The molecule has 0 saturated heterocycles. The number of aryl methyl sites for hydroxylation is 1. The normalized spacial score (nSPS) is 15.7. The summed E-state index contributed by atoms with van der Waals surface area (Å²) in [6, 6.07) is 7.79. The van der Waals surface area contributed by atoms with Crippen LogP contribution in [0.25, 0.3) is 17.3 Å². The number of benzene rings is 1. The molecular formula is C18H22ClN5O2. The summed E-state index contributed by atoms with van der Waals surface area (Å²) in [5.74, 6) is 1.71. The third-order valence-electron chi connectivity index (χ3n) is 4.76. The summed E-state index contributed by atoms with van der Waals surface area (Å²) in [7, 11) is 1.64. The molecule has 3 aromatic rings. The number of nitrogens with zero attached hydrogens (tertiary/aromatic N) is 4. The van der Waals surface area contributed by atoms with Crippen LogP contribution in [0.1, 0.15) is 37.1 Å². The van der Waals surface area contributed by atoms with Gasteiger partial charge in [0.05, 0.1) is 12.6 Å². The Labute approximate surface area is 157 Å². The van der Waals surface area contributed by atoms with Gasteiger partial charge in [0.2, 0.25) is 0 Å². The zero-order valence-corrected chi connectivity index (χ0v) is 15.6. The number of ether oxygens (including phenoxy) is 1. The van der Waals surface area contributed by atoms with Crippen LogP contribution in [0, 0.1) is 6.92 Å². The van der Waals surface area contributed by atoms with Gasteiger partial charge < -0.3 is 15.0 Å². The molecule has 1 aromatic carbocycles. The first kappa shape index (κ1) is 18.4. The number of hydrogen-bond acceptors (Lipinski definition) is 6. The molecule has 0 bridgehead atoms. The van der Waals surface area contributed by atoms with E-state index in [0.29, 0.717) is 17.4 Å². The molecule has 2 N–H and O–H groups in total. The van der Waals surface area contributed by atoms with Crippen molar-refractivity contribution in [2.45, 2.75) is 38.1 Å². The van der Waals surface area contributed by atoms with Gasteiger partial charge in [0.25, 0.3) is 5.89 Å². The van der Waals surface area contributed by atoms with Crippen molar-refractivity contribution in [1.82, 2.24) is 19.9 Å². The van der Waals surface area contributed by atoms with Crippen molar-refractivity contribution >= 4 is 12.4 Å². The van der Waals surface area contributed by atoms with Crippen molar-refractivity contribution in [2.75, 3.05) is 7.11 Å². The van der Waals surface area contributed by atoms with Gasteiger partial charge >= 0.3 is 0 Å². The average Bonchev–Trinajstić information content (AvgIpc) is 3.35. The second-order valence-corrected chi connectivity index (χ2v) is 6.61. The summed E-state index contributed by atoms with van der Waals surface area (Å²) in [5, 5.41) is 8.65. The van der Waals surface area contributed by atoms with E-state index in [-0.39, 0.29) is 12.4 Å². The standard InChI is InChI=1S/C18H21N5O2.ClH/c1-12-5-6-15(24-2)14(11-12)23-10-7-13(21-23)16-20-17(22-25-16)18(19)8-3-4-9-18;/h5-7,10-11H,3-4,8-9,19H2,1-2H3;1H. The Hall–Kier alpha value is -2.38. The van der Waals surface area contributed by atoms with Crippen LogP contribution in [0.3, 0.4) is 0 Å². The van der Waals surface area contributed by atoms with Crippen LogP contribution in [0.4, 0.5) is 0 Å². The fraction of sp³-hybridized carbons (Fsp3) is 0.389. The highest BCUT2D eigenvalue weighted by Crippen LogP contribution is 2.35. The SMILES string of the molecule is COc1ccc(C)cc1-n1ccc(-c2nc(C3(N)CCCC3)no2)n1.Cl. The molecule has 2 aromatic heterocycles. The first-order valence-electron chi connectivity index (χ1n) is 8.43. The predicted octanol–water partition coefficient (Wildman–Crippen LogP) is 3.39. The molecule has 0 unspecified atom stereocenters. The molecule has 2 heterocycles. The number of hydrogen-bond donors (Lipinski definition) is 1. The molecule has 26 heavy (non-hydrogen) atoms. The molecular weight excluding hydrogens is 354 g/mol. The molecule has 7 nitrogen and oxygen atoms in total. The highest BCUT2D eigenvalue weighted by molar-refractivity contribution is 5.85. The van der Waals surface area contributed by atoms with Crippen molar-refractivity contribution in [2.24, 2.45) is 5.73 Å². The van der Waals surface area contributed by atoms with E-state index in [4.69, 9.17) is 15.0 Å². The summed E-state index contributed by atoms with van der Waals surface area (Å²) in [5.41, 5.74) is 8.53. The summed E-state index contributed by atoms with van der Waals surface area (Å²) in [6.45, 7) is 2.03. The topological polar surface area (TPSA) is 92.0 Å². The van der Waals surface area contributed by atoms with E-state index >= 15 is 0 Å². The van der Waals surface area contributed by atoms with Gasteiger partial charge in [0.15, 0.2) is 11.5 Å². The highest BCUT2D eigenvalue weighted by atomic mass is 35.5. The Morgan fingerprint density at radius 1 is 1.23 bits per heavy atom. The lowest BCUT2D eigenvalue weighted by molar-refractivity contribution is 0.372. The van der Waals surface area contributed by atoms with Gasteiger partial charge in [-0.1, -0.05) is 24.1 Å². The molecule has 138 valence electrons. The Morgan fingerprint density at radius 2 is 2.00 bits per heavy atom. The van der Waals surface area contributed by atoms with Crippen molar-refractivity contribution < 1.29 is 9.26 Å². The van der Waals surface area contributed by atoms with Crippen LogP contribution in [0.15, 0.2) is 35.0 Å². The van der Waals surface area contributed by atoms with Gasteiger partial charge in [0, 0.05) is 6.20 Å². The quantitative estimate of drug-likeness (QED) is 0.751. The maximum atomic E-state index is 6.40. The second-order valence-electron chi connectivity index (χ2n) is 6.61. The third-order valence-corrected chi connectivity index (χ3v) is 4.76. The number of aromatic nitrogens is 4. The maximum absolute atomic E-state index is 6.40. The molecule has 8 heteroatoms. The lowest BCUT2D eigenvalue weighted by Crippen LogP contribution is -2.34. The first-order valence-corrected chi connectivity index (χ1v) is 8.43. The number of halogens is 1. The Balaban J connectivity index is 0.00000196. The minimum atomic E-state index is -0.468. The van der Waals surface area contributed by atoms with E-state index in [1.165, 1.54) is 0 Å². The van der Waals surface area contributed by atoms with E-state index in [1.54, 1.807) is 11.8 Å². The van der Waals surface area contributed by atoms with E-state index in [0.717, 1.165) is 42.7 Å². The van der Waals surface area contributed by atoms with Gasteiger partial charge in [0.1, 0.15) is 11.4 Å². The maximum Gasteiger partial charge on any atom is 0.278 e. The third kappa shape index (κ3) is 3.20. The fourth-order valence-corrected chi connectivity index (χ4v) is 3.31. The summed E-state index contributed by atoms with van der Waals surface area (Å²) in [4.78, 5) is 4.49. The zero-order valence-electron chi connectivity index (χ0n) is 14.8. The first-order chi connectivity index (χ1) is 12.1. The van der Waals surface area contributed by atoms with Crippen LogP contribution < -0.4 is 10.5 Å². The predicted molar refractivity (Wildman–Crippen MR) is 99.7 cm³/mol. The monoisotopic (exact) mass is 375 g/mol. The summed E-state index contributed by atoms with van der Waals surface area (Å²) >= 11 is 0. The van der Waals surface area contributed by atoms with Crippen molar-refractivity contribution in [1.29, 1.82) is 0 Å². The summed E-state index contributed by atoms with van der Waals surface area (Å²) in [6.07, 6.45) is 5.83. The van der Waals surface area contributed by atoms with Gasteiger partial charge in [-0.3, -0.25) is 0 Å². The van der Waals surface area contributed by atoms with Gasteiger partial charge in [-0.15, -0.1) is 12.4 Å². The van der Waals surface area contributed by atoms with Crippen molar-refractivity contribution in [3.63, 3.8) is 0 Å². The van der Waals surface area contributed by atoms with Crippen LogP contribution in [-0.4, -0.2) is 27.0 Å². The molecule has 0 atom stereocenters. The van der Waals surface area contributed by atoms with Crippen molar-refractivity contribution in [3.8, 4) is 23.0 Å². The molecule has 4 rings (SSSR count). The fourth-order valence-electron chi connectivity index (χ4n) is 3.31. The van der Waals surface area contributed by atoms with Crippen LogP contribution in [0.5, 0.6) is 5.75 Å². The largest absolute Gasteiger partial charge is 0.494 e. The lowest BCUT2D eigenvalue weighted by atomic mass is 9.99. The lowest BCUT2D eigenvalue weighted by Gasteiger charge is -2.17. The van der Waals surface area contributed by atoms with Crippen molar-refractivity contribution in [3.05, 3.63) is 41.9 Å². The molecule has 1 aliphatic carbocycles. The van der Waals surface area contributed by atoms with E-state index in [1.807, 2.05) is 37.4 Å². The molecule has 0 spiro atoms. The van der Waals surface area contributed by atoms with Gasteiger partial charge in [-0.25, -0.2) is 4.68 Å². The second kappa shape index (κ2) is 7.09. The van der Waals surface area contributed by atoms with Crippen LogP contribution in [-0.2, 0) is 5.54 Å². The summed E-state index contributed by atoms with van der Waals surface area (Å²) < 4.78 is 12.6. The molecule has 0 amide bonds. The number of nitrogens with two attached hydrogens (primary N) is 1. The number of methoxy groups -OCH3 is 1. The molecule has 0 aliphatic heterocycles. The molecule has 1 fully saturated rings. The molecule has 1 aliphatic rings. The van der Waals surface area contributed by atoms with E-state index < -0.39 is 5.54 Å². The smallest absolute Gasteiger partial charge is 0.278 e. The Morgan fingerprint density at radius 3 is 2.73 bits per heavy atom. The van der Waals surface area contributed by atoms with E-state index in [2.05, 4.69) is 15.2 Å². The zero-order chi connectivity index (χ0) is 17.4. The number of rotatable bonds is 4.